The first-order valence-electron chi connectivity index (χ1n) is 8.14. The maximum absolute atomic E-state index is 12.4. The molecule has 1 amide bonds. The van der Waals surface area contributed by atoms with Crippen molar-refractivity contribution >= 4 is 23.2 Å². The van der Waals surface area contributed by atoms with Gasteiger partial charge in [0.1, 0.15) is 11.8 Å². The molecule has 1 heterocycles. The number of halogens is 1. The van der Waals surface area contributed by atoms with E-state index in [0.717, 1.165) is 10.2 Å². The molecule has 0 unspecified atom stereocenters. The molecule has 0 bridgehead atoms. The lowest BCUT2D eigenvalue weighted by Gasteiger charge is -2.14. The second kappa shape index (κ2) is 8.01. The number of nitrogens with one attached hydrogen (secondary N) is 1. The van der Waals surface area contributed by atoms with Crippen LogP contribution in [0, 0.1) is 0 Å². The predicted octanol–water partition coefficient (Wildman–Crippen LogP) is 3.17. The molecule has 8 heteroatoms. The zero-order valence-corrected chi connectivity index (χ0v) is 15.5. The van der Waals surface area contributed by atoms with Crippen LogP contribution in [0.15, 0.2) is 59.5 Å². The highest BCUT2D eigenvalue weighted by molar-refractivity contribution is 6.30. The van der Waals surface area contributed by atoms with Crippen molar-refractivity contribution < 1.29 is 9.53 Å². The van der Waals surface area contributed by atoms with Gasteiger partial charge in [0, 0.05) is 16.3 Å². The van der Waals surface area contributed by atoms with Crippen molar-refractivity contribution in [1.29, 1.82) is 0 Å². The first-order valence-corrected chi connectivity index (χ1v) is 8.52. The number of hydrogen-bond acceptors (Lipinski definition) is 5. The number of anilines is 1. The van der Waals surface area contributed by atoms with E-state index in [0.29, 0.717) is 22.2 Å². The van der Waals surface area contributed by atoms with Gasteiger partial charge in [-0.3, -0.25) is 4.79 Å². The van der Waals surface area contributed by atoms with Crippen LogP contribution in [0.2, 0.25) is 5.02 Å². The molecule has 0 saturated heterocycles. The monoisotopic (exact) mass is 384 g/mol. The lowest BCUT2D eigenvalue weighted by molar-refractivity contribution is -0.119. The third kappa shape index (κ3) is 4.32. The molecule has 1 aromatic heterocycles. The Morgan fingerprint density at radius 2 is 1.81 bits per heavy atom. The summed E-state index contributed by atoms with van der Waals surface area (Å²) in [5, 5.41) is 7.38. The van der Waals surface area contributed by atoms with Crippen molar-refractivity contribution in [2.24, 2.45) is 0 Å². The predicted molar refractivity (Wildman–Crippen MR) is 103 cm³/mol. The molecule has 27 heavy (non-hydrogen) atoms. The van der Waals surface area contributed by atoms with Gasteiger partial charge in [0.15, 0.2) is 0 Å². The molecular weight excluding hydrogens is 368 g/mol. The summed E-state index contributed by atoms with van der Waals surface area (Å²) in [5.41, 5.74) is 1.12. The van der Waals surface area contributed by atoms with Crippen molar-refractivity contribution in [3.05, 3.63) is 70.2 Å². The maximum Gasteiger partial charge on any atom is 0.365 e. The van der Waals surface area contributed by atoms with Gasteiger partial charge >= 0.3 is 5.69 Å². The van der Waals surface area contributed by atoms with Crippen molar-refractivity contribution in [2.75, 3.05) is 12.4 Å². The minimum absolute atomic E-state index is 0.383. The van der Waals surface area contributed by atoms with Gasteiger partial charge < -0.3 is 10.1 Å². The summed E-state index contributed by atoms with van der Waals surface area (Å²) in [6.45, 7) is 1.58. The largest absolute Gasteiger partial charge is 0.497 e. The molecule has 0 aliphatic heterocycles. The fourth-order valence-corrected chi connectivity index (χ4v) is 2.53. The minimum atomic E-state index is -0.828. The molecule has 0 aliphatic rings. The van der Waals surface area contributed by atoms with Crippen LogP contribution in [0.3, 0.4) is 0 Å². The van der Waals surface area contributed by atoms with Crippen LogP contribution in [0.1, 0.15) is 13.0 Å². The summed E-state index contributed by atoms with van der Waals surface area (Å²) in [4.78, 5) is 28.8. The molecule has 0 spiro atoms. The van der Waals surface area contributed by atoms with Gasteiger partial charge in [-0.2, -0.15) is 10.1 Å². The van der Waals surface area contributed by atoms with Crippen LogP contribution in [0.25, 0.3) is 11.3 Å². The molecule has 0 fully saturated rings. The Balaban J connectivity index is 1.78. The molecular formula is C19H17ClN4O3. The summed E-state index contributed by atoms with van der Waals surface area (Å²) in [7, 11) is 1.58. The Labute approximate surface area is 160 Å². The van der Waals surface area contributed by atoms with Gasteiger partial charge in [0.05, 0.1) is 19.0 Å². The summed E-state index contributed by atoms with van der Waals surface area (Å²) in [6, 6.07) is 12.9. The third-order valence-electron chi connectivity index (χ3n) is 3.96. The fourth-order valence-electron chi connectivity index (χ4n) is 2.41. The molecule has 2 aromatic carbocycles. The van der Waals surface area contributed by atoms with Gasteiger partial charge in [-0.05, 0) is 55.5 Å². The zero-order chi connectivity index (χ0) is 19.4. The molecule has 1 atom stereocenters. The number of carbonyl (C=O) groups excluding carboxylic acids is 1. The molecule has 3 rings (SSSR count). The average molecular weight is 385 g/mol. The molecule has 138 valence electrons. The number of rotatable bonds is 5. The van der Waals surface area contributed by atoms with Crippen molar-refractivity contribution in [3.63, 3.8) is 0 Å². The standard InChI is InChI=1S/C19H17ClN4O3/c1-12(18(25)22-15-7-5-14(20)6-8-15)24-19(26)23-17(11-21-24)13-3-9-16(27-2)10-4-13/h3-12H,1-2H3,(H,22,25)/t12-/m0/s1. The summed E-state index contributed by atoms with van der Waals surface area (Å²) < 4.78 is 6.15. The maximum atomic E-state index is 12.4. The highest BCUT2D eigenvalue weighted by Gasteiger charge is 2.18. The lowest BCUT2D eigenvalue weighted by atomic mass is 10.1. The topological polar surface area (TPSA) is 86.1 Å². The van der Waals surface area contributed by atoms with Gasteiger partial charge in [0.25, 0.3) is 0 Å². The van der Waals surface area contributed by atoms with Crippen molar-refractivity contribution in [1.82, 2.24) is 14.8 Å². The van der Waals surface area contributed by atoms with Crippen molar-refractivity contribution in [3.8, 4) is 17.0 Å². The van der Waals surface area contributed by atoms with Crippen LogP contribution in [0.4, 0.5) is 5.69 Å². The Hall–Kier alpha value is -3.19. The highest BCUT2D eigenvalue weighted by Crippen LogP contribution is 2.19. The summed E-state index contributed by atoms with van der Waals surface area (Å²) in [6.07, 6.45) is 1.45. The zero-order valence-electron chi connectivity index (χ0n) is 14.7. The molecule has 1 N–H and O–H groups in total. The van der Waals surface area contributed by atoms with Gasteiger partial charge in [-0.15, -0.1) is 0 Å². The number of methoxy groups -OCH3 is 1. The highest BCUT2D eigenvalue weighted by atomic mass is 35.5. The van der Waals surface area contributed by atoms with E-state index >= 15 is 0 Å². The van der Waals surface area contributed by atoms with E-state index < -0.39 is 11.7 Å². The van der Waals surface area contributed by atoms with E-state index in [2.05, 4.69) is 15.4 Å². The Morgan fingerprint density at radius 1 is 1.15 bits per heavy atom. The molecule has 0 radical (unpaired) electrons. The van der Waals surface area contributed by atoms with E-state index in [4.69, 9.17) is 16.3 Å². The van der Waals surface area contributed by atoms with Crippen LogP contribution in [0.5, 0.6) is 5.75 Å². The summed E-state index contributed by atoms with van der Waals surface area (Å²) in [5.74, 6) is 0.318. The second-order valence-corrected chi connectivity index (χ2v) is 6.21. The van der Waals surface area contributed by atoms with Crippen LogP contribution < -0.4 is 15.7 Å². The Bertz CT molecular complexity index is 1000. The smallest absolute Gasteiger partial charge is 0.365 e. The quantitative estimate of drug-likeness (QED) is 0.730. The van der Waals surface area contributed by atoms with Crippen LogP contribution >= 0.6 is 11.6 Å². The average Bonchev–Trinajstić information content (AvgIpc) is 2.69. The van der Waals surface area contributed by atoms with E-state index in [1.807, 2.05) is 0 Å². The molecule has 3 aromatic rings. The van der Waals surface area contributed by atoms with Crippen molar-refractivity contribution in [2.45, 2.75) is 13.0 Å². The van der Waals surface area contributed by atoms with E-state index in [9.17, 15) is 9.59 Å². The van der Waals surface area contributed by atoms with E-state index in [1.54, 1.807) is 62.6 Å². The van der Waals surface area contributed by atoms with E-state index in [-0.39, 0.29) is 5.91 Å². The Morgan fingerprint density at radius 3 is 2.41 bits per heavy atom. The molecule has 0 saturated carbocycles. The number of amides is 1. The number of hydrogen-bond donors (Lipinski definition) is 1. The molecule has 0 aliphatic carbocycles. The van der Waals surface area contributed by atoms with Gasteiger partial charge in [0.2, 0.25) is 5.91 Å². The first-order chi connectivity index (χ1) is 13.0. The number of carbonyl (C=O) groups is 1. The third-order valence-corrected chi connectivity index (χ3v) is 4.21. The fraction of sp³-hybridized carbons (Fsp3) is 0.158. The summed E-state index contributed by atoms with van der Waals surface area (Å²) >= 11 is 5.83. The number of benzene rings is 2. The Kier molecular flexibility index (Phi) is 5.52. The van der Waals surface area contributed by atoms with Crippen LogP contribution in [-0.2, 0) is 4.79 Å². The minimum Gasteiger partial charge on any atom is -0.497 e. The van der Waals surface area contributed by atoms with E-state index in [1.165, 1.54) is 6.20 Å². The number of ether oxygens (including phenoxy) is 1. The van der Waals surface area contributed by atoms with Crippen LogP contribution in [-0.4, -0.2) is 27.8 Å². The van der Waals surface area contributed by atoms with Gasteiger partial charge in [-0.25, -0.2) is 9.48 Å². The molecule has 7 nitrogen and oxygen atoms in total. The number of nitrogens with zero attached hydrogens (tertiary/aromatic N) is 3. The number of aromatic nitrogens is 3. The van der Waals surface area contributed by atoms with Gasteiger partial charge in [-0.1, -0.05) is 11.6 Å². The SMILES string of the molecule is COc1ccc(-c2cnn([C@@H](C)C(=O)Nc3ccc(Cl)cc3)c(=O)n2)cc1. The lowest BCUT2D eigenvalue weighted by Crippen LogP contribution is -2.34. The first kappa shape index (κ1) is 18.6. The second-order valence-electron chi connectivity index (χ2n) is 5.77. The normalized spacial score (nSPS) is 11.7.